The molecular formula is C18H19ClN2O3. The van der Waals surface area contributed by atoms with E-state index in [9.17, 15) is 4.79 Å². The molecule has 2 atom stereocenters. The van der Waals surface area contributed by atoms with Crippen LogP contribution < -0.4 is 15.2 Å². The first-order valence-electron chi connectivity index (χ1n) is 7.57. The maximum atomic E-state index is 12.2. The second kappa shape index (κ2) is 6.71. The Balaban J connectivity index is 1.83. The molecule has 2 aromatic carbocycles. The second-order valence-electron chi connectivity index (χ2n) is 5.68. The van der Waals surface area contributed by atoms with Gasteiger partial charge in [-0.2, -0.15) is 0 Å². The average molecular weight is 347 g/mol. The zero-order chi connectivity index (χ0) is 17.3. The van der Waals surface area contributed by atoms with E-state index < -0.39 is 6.04 Å². The predicted octanol–water partition coefficient (Wildman–Crippen LogP) is 2.77. The summed E-state index contributed by atoms with van der Waals surface area (Å²) in [5.41, 5.74) is 7.94. The molecule has 0 bridgehead atoms. The van der Waals surface area contributed by atoms with E-state index >= 15 is 0 Å². The SMILES string of the molecule is COc1ccc(CN2C(=O)[C@H](N)[C@H]2c2ccc(Cl)cc2)cc1OC. The van der Waals surface area contributed by atoms with E-state index in [0.29, 0.717) is 23.1 Å². The van der Waals surface area contributed by atoms with Crippen LogP contribution in [0.2, 0.25) is 5.02 Å². The second-order valence-corrected chi connectivity index (χ2v) is 6.11. The highest BCUT2D eigenvalue weighted by molar-refractivity contribution is 6.30. The van der Waals surface area contributed by atoms with Gasteiger partial charge in [-0.1, -0.05) is 29.8 Å². The minimum Gasteiger partial charge on any atom is -0.493 e. The van der Waals surface area contributed by atoms with Crippen LogP contribution in [0.3, 0.4) is 0 Å². The van der Waals surface area contributed by atoms with Gasteiger partial charge in [-0.15, -0.1) is 0 Å². The summed E-state index contributed by atoms with van der Waals surface area (Å²) in [4.78, 5) is 14.0. The van der Waals surface area contributed by atoms with Crippen molar-refractivity contribution in [2.75, 3.05) is 14.2 Å². The quantitative estimate of drug-likeness (QED) is 0.845. The number of benzene rings is 2. The van der Waals surface area contributed by atoms with Crippen molar-refractivity contribution in [2.45, 2.75) is 18.6 Å². The molecule has 0 aliphatic carbocycles. The summed E-state index contributed by atoms with van der Waals surface area (Å²) in [7, 11) is 3.18. The first-order valence-corrected chi connectivity index (χ1v) is 7.95. The Morgan fingerprint density at radius 2 is 1.75 bits per heavy atom. The molecule has 1 aliphatic heterocycles. The van der Waals surface area contributed by atoms with Crippen LogP contribution in [0, 0.1) is 0 Å². The van der Waals surface area contributed by atoms with Crippen LogP contribution in [0.4, 0.5) is 0 Å². The third kappa shape index (κ3) is 2.92. The Kier molecular flexibility index (Phi) is 4.64. The summed E-state index contributed by atoms with van der Waals surface area (Å²) in [6, 6.07) is 12.4. The lowest BCUT2D eigenvalue weighted by molar-refractivity contribution is -0.150. The van der Waals surface area contributed by atoms with Crippen molar-refractivity contribution in [2.24, 2.45) is 5.73 Å². The van der Waals surface area contributed by atoms with E-state index in [1.165, 1.54) is 0 Å². The van der Waals surface area contributed by atoms with E-state index in [0.717, 1.165) is 11.1 Å². The van der Waals surface area contributed by atoms with Gasteiger partial charge < -0.3 is 20.1 Å². The molecule has 0 unspecified atom stereocenters. The number of β-lactam (4-membered cyclic amide) rings is 1. The van der Waals surface area contributed by atoms with E-state index in [1.54, 1.807) is 31.3 Å². The topological polar surface area (TPSA) is 64.8 Å². The summed E-state index contributed by atoms with van der Waals surface area (Å²) in [6.07, 6.45) is 0. The molecule has 1 fully saturated rings. The van der Waals surface area contributed by atoms with Crippen molar-refractivity contribution < 1.29 is 14.3 Å². The third-order valence-corrected chi connectivity index (χ3v) is 4.51. The van der Waals surface area contributed by atoms with Gasteiger partial charge in [0.05, 0.1) is 20.3 Å². The van der Waals surface area contributed by atoms with E-state index in [1.807, 2.05) is 30.3 Å². The molecule has 5 nitrogen and oxygen atoms in total. The maximum absolute atomic E-state index is 12.2. The van der Waals surface area contributed by atoms with E-state index in [-0.39, 0.29) is 11.9 Å². The highest BCUT2D eigenvalue weighted by atomic mass is 35.5. The molecule has 1 aliphatic rings. The van der Waals surface area contributed by atoms with Gasteiger partial charge in [0.1, 0.15) is 6.04 Å². The number of hydrogen-bond acceptors (Lipinski definition) is 4. The zero-order valence-corrected chi connectivity index (χ0v) is 14.3. The van der Waals surface area contributed by atoms with Gasteiger partial charge in [0.15, 0.2) is 11.5 Å². The number of amides is 1. The molecule has 0 saturated carbocycles. The largest absolute Gasteiger partial charge is 0.493 e. The van der Waals surface area contributed by atoms with Gasteiger partial charge in [0.25, 0.3) is 0 Å². The summed E-state index contributed by atoms with van der Waals surface area (Å²) in [5.74, 6) is 1.22. The van der Waals surface area contributed by atoms with Crippen molar-refractivity contribution in [3.63, 3.8) is 0 Å². The lowest BCUT2D eigenvalue weighted by atomic mass is 9.88. The number of likely N-dealkylation sites (tertiary alicyclic amines) is 1. The Morgan fingerprint density at radius 3 is 2.38 bits per heavy atom. The van der Waals surface area contributed by atoms with Crippen molar-refractivity contribution >= 4 is 17.5 Å². The fraction of sp³-hybridized carbons (Fsp3) is 0.278. The summed E-state index contributed by atoms with van der Waals surface area (Å²) in [6.45, 7) is 0.459. The standard InChI is InChI=1S/C18H19ClN2O3/c1-23-14-8-3-11(9-15(14)24-2)10-21-17(16(20)18(21)22)12-4-6-13(19)7-5-12/h3-9,16-17H,10,20H2,1-2H3/t16-,17-/m1/s1. The predicted molar refractivity (Wildman–Crippen MR) is 92.3 cm³/mol. The number of methoxy groups -OCH3 is 2. The van der Waals surface area contributed by atoms with Crippen molar-refractivity contribution in [3.8, 4) is 11.5 Å². The van der Waals surface area contributed by atoms with Crippen LogP contribution in [0.1, 0.15) is 17.2 Å². The molecule has 3 rings (SSSR count). The van der Waals surface area contributed by atoms with Crippen LogP contribution in [-0.4, -0.2) is 31.1 Å². The smallest absolute Gasteiger partial charge is 0.242 e. The molecule has 0 aromatic heterocycles. The van der Waals surface area contributed by atoms with Crippen LogP contribution in [0.25, 0.3) is 0 Å². The zero-order valence-electron chi connectivity index (χ0n) is 13.5. The number of carbonyl (C=O) groups excluding carboxylic acids is 1. The number of ether oxygens (including phenoxy) is 2. The van der Waals surface area contributed by atoms with Crippen LogP contribution in [0.15, 0.2) is 42.5 Å². The molecule has 2 N–H and O–H groups in total. The van der Waals surface area contributed by atoms with Crippen molar-refractivity contribution in [3.05, 3.63) is 58.6 Å². The third-order valence-electron chi connectivity index (χ3n) is 4.26. The van der Waals surface area contributed by atoms with Gasteiger partial charge in [-0.05, 0) is 35.4 Å². The number of rotatable bonds is 5. The molecule has 1 amide bonds. The van der Waals surface area contributed by atoms with Crippen LogP contribution >= 0.6 is 11.6 Å². The minimum absolute atomic E-state index is 0.0651. The molecule has 0 spiro atoms. The van der Waals surface area contributed by atoms with Gasteiger partial charge in [-0.3, -0.25) is 4.79 Å². The first kappa shape index (κ1) is 16.6. The highest BCUT2D eigenvalue weighted by Crippen LogP contribution is 2.36. The van der Waals surface area contributed by atoms with Crippen molar-refractivity contribution in [1.82, 2.24) is 4.90 Å². The molecular weight excluding hydrogens is 328 g/mol. The lowest BCUT2D eigenvalue weighted by Gasteiger charge is -2.45. The van der Waals surface area contributed by atoms with Gasteiger partial charge in [0.2, 0.25) is 5.91 Å². The average Bonchev–Trinajstić information content (AvgIpc) is 2.62. The Labute approximate surface area is 145 Å². The molecule has 0 radical (unpaired) electrons. The first-order chi connectivity index (χ1) is 11.5. The van der Waals surface area contributed by atoms with Gasteiger partial charge in [-0.25, -0.2) is 0 Å². The van der Waals surface area contributed by atoms with Crippen LogP contribution in [-0.2, 0) is 11.3 Å². The maximum Gasteiger partial charge on any atom is 0.242 e. The highest BCUT2D eigenvalue weighted by Gasteiger charge is 2.45. The number of halogens is 1. The summed E-state index contributed by atoms with van der Waals surface area (Å²) in [5, 5.41) is 0.657. The minimum atomic E-state index is -0.522. The molecule has 2 aromatic rings. The Morgan fingerprint density at radius 1 is 1.08 bits per heavy atom. The summed E-state index contributed by atoms with van der Waals surface area (Å²) < 4.78 is 10.6. The van der Waals surface area contributed by atoms with Gasteiger partial charge >= 0.3 is 0 Å². The fourth-order valence-electron chi connectivity index (χ4n) is 2.97. The number of carbonyl (C=O) groups is 1. The molecule has 6 heteroatoms. The lowest BCUT2D eigenvalue weighted by Crippen LogP contribution is -2.62. The number of hydrogen-bond donors (Lipinski definition) is 1. The molecule has 1 saturated heterocycles. The normalized spacial score (nSPS) is 19.8. The summed E-state index contributed by atoms with van der Waals surface area (Å²) >= 11 is 5.93. The van der Waals surface area contributed by atoms with Crippen LogP contribution in [0.5, 0.6) is 11.5 Å². The van der Waals surface area contributed by atoms with E-state index in [2.05, 4.69) is 0 Å². The monoisotopic (exact) mass is 346 g/mol. The number of nitrogens with two attached hydrogens (primary N) is 1. The Hall–Kier alpha value is -2.24. The Bertz CT molecular complexity index is 748. The number of nitrogens with zero attached hydrogens (tertiary/aromatic N) is 1. The van der Waals surface area contributed by atoms with E-state index in [4.69, 9.17) is 26.8 Å². The molecule has 1 heterocycles. The fourth-order valence-corrected chi connectivity index (χ4v) is 3.10. The van der Waals surface area contributed by atoms with Crippen molar-refractivity contribution in [1.29, 1.82) is 0 Å². The molecule has 24 heavy (non-hydrogen) atoms. The van der Waals surface area contributed by atoms with Gasteiger partial charge in [0, 0.05) is 11.6 Å². The molecule has 126 valence electrons.